The van der Waals surface area contributed by atoms with E-state index in [4.69, 9.17) is 0 Å². The average Bonchev–Trinajstić information content (AvgIpc) is 4.29. The molecule has 0 aliphatic rings. The van der Waals surface area contributed by atoms with Gasteiger partial charge in [-0.1, -0.05) is 170 Å². The van der Waals surface area contributed by atoms with Crippen LogP contribution in [0.1, 0.15) is 0 Å². The van der Waals surface area contributed by atoms with Crippen molar-refractivity contribution in [2.75, 3.05) is 0 Å². The Kier molecular flexibility index (Phi) is 9.30. The van der Waals surface area contributed by atoms with Gasteiger partial charge in [0.2, 0.25) is 0 Å². The number of hydrogen-bond acceptors (Lipinski definition) is 0. The highest BCUT2D eigenvalue weighted by atomic mass is 15.0. The first kappa shape index (κ1) is 42.4. The predicted molar refractivity (Wildman–Crippen MR) is 320 cm³/mol. The molecule has 12 aromatic carbocycles. The molecule has 0 radical (unpaired) electrons. The van der Waals surface area contributed by atoms with Crippen LogP contribution in [0.3, 0.4) is 0 Å². The molecule has 0 unspecified atom stereocenters. The van der Waals surface area contributed by atoms with E-state index in [9.17, 15) is 0 Å². The van der Waals surface area contributed by atoms with Crippen LogP contribution in [0.5, 0.6) is 0 Å². The fraction of sp³-hybridized carbons (Fsp3) is 0. The summed E-state index contributed by atoms with van der Waals surface area (Å²) in [4.78, 5) is 0. The summed E-state index contributed by atoms with van der Waals surface area (Å²) >= 11 is 0. The largest absolute Gasteiger partial charge is 0.309 e. The molecule has 0 aliphatic heterocycles. The number of fused-ring (bicyclic) bond motifs is 12. The minimum Gasteiger partial charge on any atom is -0.309 e. The van der Waals surface area contributed by atoms with Gasteiger partial charge < -0.3 is 18.3 Å². The molecule has 0 N–H and O–H groups in total. The predicted octanol–water partition coefficient (Wildman–Crippen LogP) is 19.1. The SMILES string of the molecule is c1ccc(-n2c3ccccc3c3ccc(-c4ccc5c(c4)c4ccccc4n5-c4cccc(-c5cccc(-n6c7ccccc7c7cc(-c8cccc(-n9c%10ccccc%10c%10ccccc%109)c8)ccc76)c5)c4)cc32)cc1. The third-order valence-electron chi connectivity index (χ3n) is 15.9. The van der Waals surface area contributed by atoms with Crippen molar-refractivity contribution in [2.24, 2.45) is 0 Å². The van der Waals surface area contributed by atoms with E-state index in [-0.39, 0.29) is 0 Å². The summed E-state index contributed by atoms with van der Waals surface area (Å²) in [5.74, 6) is 0. The van der Waals surface area contributed by atoms with Gasteiger partial charge in [-0.05, 0) is 143 Å². The zero-order valence-electron chi connectivity index (χ0n) is 41.3. The van der Waals surface area contributed by atoms with Crippen molar-refractivity contribution >= 4 is 87.2 Å². The van der Waals surface area contributed by atoms with Crippen LogP contribution in [0.15, 0.2) is 279 Å². The van der Waals surface area contributed by atoms with E-state index < -0.39 is 0 Å². The molecule has 0 bridgehead atoms. The summed E-state index contributed by atoms with van der Waals surface area (Å²) in [6.07, 6.45) is 0. The maximum absolute atomic E-state index is 2.43. The highest BCUT2D eigenvalue weighted by Crippen LogP contribution is 2.41. The molecule has 16 rings (SSSR count). The fourth-order valence-corrected chi connectivity index (χ4v) is 12.5. The van der Waals surface area contributed by atoms with Crippen LogP contribution in [-0.2, 0) is 0 Å². The minimum absolute atomic E-state index is 1.13. The second-order valence-corrected chi connectivity index (χ2v) is 20.1. The second-order valence-electron chi connectivity index (χ2n) is 20.1. The zero-order valence-corrected chi connectivity index (χ0v) is 41.3. The van der Waals surface area contributed by atoms with Gasteiger partial charge in [-0.25, -0.2) is 0 Å². The van der Waals surface area contributed by atoms with Crippen LogP contribution < -0.4 is 0 Å². The molecule has 4 heterocycles. The molecule has 4 heteroatoms. The summed E-state index contributed by atoms with van der Waals surface area (Å²) in [6, 6.07) is 102. The number of aromatic nitrogens is 4. The lowest BCUT2D eigenvalue weighted by Gasteiger charge is -2.13. The molecule has 0 amide bonds. The summed E-state index contributed by atoms with van der Waals surface area (Å²) in [7, 11) is 0. The van der Waals surface area contributed by atoms with Crippen molar-refractivity contribution in [2.45, 2.75) is 0 Å². The Bertz CT molecular complexity index is 4950. The van der Waals surface area contributed by atoms with Gasteiger partial charge in [-0.15, -0.1) is 0 Å². The standard InChI is InChI=1S/C72H46N4/c1-2-20-53(21-3-1)73-65-30-9-6-27-59(65)62-38-35-52(46-72(62)73)51-37-40-71-64(45-51)61-29-8-13-34-69(61)76(71)56-24-15-18-48(42-56)47-17-14-23-55(41-47)75-68-33-12-7-28-60(68)63-44-50(36-39-70(63)75)49-19-16-22-54(43-49)74-66-31-10-4-25-57(66)58-26-5-11-32-67(58)74/h1-46H. The Balaban J connectivity index is 0.772. The molecule has 354 valence electrons. The first-order valence-electron chi connectivity index (χ1n) is 26.2. The van der Waals surface area contributed by atoms with E-state index >= 15 is 0 Å². The van der Waals surface area contributed by atoms with E-state index in [1.165, 1.54) is 109 Å². The molecule has 0 aliphatic carbocycles. The third-order valence-corrected chi connectivity index (χ3v) is 15.9. The van der Waals surface area contributed by atoms with Gasteiger partial charge in [-0.2, -0.15) is 0 Å². The van der Waals surface area contributed by atoms with Crippen molar-refractivity contribution in [3.8, 4) is 56.1 Å². The number of nitrogens with zero attached hydrogens (tertiary/aromatic N) is 4. The van der Waals surface area contributed by atoms with E-state index in [1.807, 2.05) is 0 Å². The van der Waals surface area contributed by atoms with E-state index in [1.54, 1.807) is 0 Å². The Hall–Kier alpha value is -10.2. The average molecular weight is 967 g/mol. The summed E-state index contributed by atoms with van der Waals surface area (Å²) in [6.45, 7) is 0. The minimum atomic E-state index is 1.13. The number of rotatable bonds is 7. The molecule has 16 aromatic rings. The monoisotopic (exact) mass is 966 g/mol. The maximum Gasteiger partial charge on any atom is 0.0547 e. The van der Waals surface area contributed by atoms with Gasteiger partial charge in [0, 0.05) is 65.8 Å². The molecule has 0 fully saturated rings. The van der Waals surface area contributed by atoms with Crippen LogP contribution in [0.25, 0.3) is 143 Å². The molecule has 0 atom stereocenters. The van der Waals surface area contributed by atoms with Gasteiger partial charge in [-0.3, -0.25) is 0 Å². The van der Waals surface area contributed by atoms with Crippen LogP contribution >= 0.6 is 0 Å². The molecule has 4 aromatic heterocycles. The summed E-state index contributed by atoms with van der Waals surface area (Å²) in [5.41, 5.74) is 21.2. The van der Waals surface area contributed by atoms with Gasteiger partial charge in [0.1, 0.15) is 0 Å². The molecule has 0 saturated carbocycles. The lowest BCUT2D eigenvalue weighted by Crippen LogP contribution is -1.96. The van der Waals surface area contributed by atoms with Crippen LogP contribution in [0.4, 0.5) is 0 Å². The zero-order chi connectivity index (χ0) is 49.8. The quantitative estimate of drug-likeness (QED) is 0.152. The number of benzene rings is 12. The Labute approximate surface area is 438 Å². The van der Waals surface area contributed by atoms with E-state index in [0.29, 0.717) is 0 Å². The van der Waals surface area contributed by atoms with Crippen molar-refractivity contribution in [3.63, 3.8) is 0 Å². The van der Waals surface area contributed by atoms with Gasteiger partial charge in [0.05, 0.1) is 44.1 Å². The second kappa shape index (κ2) is 16.7. The molecular weight excluding hydrogens is 921 g/mol. The topological polar surface area (TPSA) is 19.7 Å². The highest BCUT2D eigenvalue weighted by molar-refractivity contribution is 6.14. The Morgan fingerprint density at radius 1 is 0.145 bits per heavy atom. The Morgan fingerprint density at radius 3 is 0.829 bits per heavy atom. The normalized spacial score (nSPS) is 11.9. The van der Waals surface area contributed by atoms with Crippen LogP contribution in [-0.4, -0.2) is 18.3 Å². The number of hydrogen-bond donors (Lipinski definition) is 0. The van der Waals surface area contributed by atoms with Crippen LogP contribution in [0, 0.1) is 0 Å². The Morgan fingerprint density at radius 2 is 0.421 bits per heavy atom. The lowest BCUT2D eigenvalue weighted by atomic mass is 10.0. The molecule has 0 spiro atoms. The van der Waals surface area contributed by atoms with Crippen molar-refractivity contribution in [1.82, 2.24) is 18.3 Å². The lowest BCUT2D eigenvalue weighted by molar-refractivity contribution is 1.17. The summed E-state index contributed by atoms with van der Waals surface area (Å²) < 4.78 is 9.66. The van der Waals surface area contributed by atoms with Gasteiger partial charge in [0.15, 0.2) is 0 Å². The van der Waals surface area contributed by atoms with Gasteiger partial charge in [0.25, 0.3) is 0 Å². The maximum atomic E-state index is 2.43. The first-order chi connectivity index (χ1) is 37.7. The van der Waals surface area contributed by atoms with Crippen molar-refractivity contribution < 1.29 is 0 Å². The molecule has 0 saturated heterocycles. The van der Waals surface area contributed by atoms with Crippen molar-refractivity contribution in [3.05, 3.63) is 279 Å². The van der Waals surface area contributed by atoms with E-state index in [2.05, 4.69) is 297 Å². The molecule has 76 heavy (non-hydrogen) atoms. The highest BCUT2D eigenvalue weighted by Gasteiger charge is 2.19. The van der Waals surface area contributed by atoms with Gasteiger partial charge >= 0.3 is 0 Å². The first-order valence-corrected chi connectivity index (χ1v) is 26.2. The fourth-order valence-electron chi connectivity index (χ4n) is 12.5. The van der Waals surface area contributed by atoms with Crippen molar-refractivity contribution in [1.29, 1.82) is 0 Å². The molecule has 4 nitrogen and oxygen atoms in total. The smallest absolute Gasteiger partial charge is 0.0547 e. The summed E-state index contributed by atoms with van der Waals surface area (Å²) in [5, 5.41) is 9.97. The number of para-hydroxylation sites is 6. The van der Waals surface area contributed by atoms with E-state index in [0.717, 1.165) is 33.9 Å². The third kappa shape index (κ3) is 6.44. The molecular formula is C72H46N4. The van der Waals surface area contributed by atoms with Crippen LogP contribution in [0.2, 0.25) is 0 Å².